The molecule has 1 aromatic rings. The van der Waals surface area contributed by atoms with Crippen molar-refractivity contribution in [3.8, 4) is 0 Å². The van der Waals surface area contributed by atoms with Crippen molar-refractivity contribution in [2.24, 2.45) is 0 Å². The van der Waals surface area contributed by atoms with Crippen molar-refractivity contribution in [1.29, 1.82) is 0 Å². The Morgan fingerprint density at radius 1 is 1.47 bits per heavy atom. The van der Waals surface area contributed by atoms with Gasteiger partial charge in [0.25, 0.3) is 0 Å². The molecule has 4 nitrogen and oxygen atoms in total. The van der Waals surface area contributed by atoms with Gasteiger partial charge in [0.15, 0.2) is 0 Å². The summed E-state index contributed by atoms with van der Waals surface area (Å²) in [6, 6.07) is 0.261. The number of halogens is 1. The van der Waals surface area contributed by atoms with E-state index in [4.69, 9.17) is 0 Å². The van der Waals surface area contributed by atoms with Gasteiger partial charge in [0.2, 0.25) is 0 Å². The minimum atomic E-state index is -0.761. The van der Waals surface area contributed by atoms with Crippen LogP contribution in [0.15, 0.2) is 10.7 Å². The molecule has 0 aliphatic carbocycles. The fourth-order valence-electron chi connectivity index (χ4n) is 2.46. The molecule has 2 rings (SSSR count). The number of hydrogen-bond donors (Lipinski definition) is 2. The van der Waals surface area contributed by atoms with Crippen molar-refractivity contribution in [3.05, 3.63) is 16.4 Å². The Labute approximate surface area is 111 Å². The van der Waals surface area contributed by atoms with Crippen molar-refractivity contribution in [2.45, 2.75) is 44.8 Å². The first kappa shape index (κ1) is 13.1. The fourth-order valence-corrected chi connectivity index (χ4v) is 3.10. The van der Waals surface area contributed by atoms with E-state index < -0.39 is 5.60 Å². The molecule has 1 fully saturated rings. The Morgan fingerprint density at radius 2 is 2.24 bits per heavy atom. The van der Waals surface area contributed by atoms with Gasteiger partial charge in [-0.3, -0.25) is 4.68 Å². The quantitative estimate of drug-likeness (QED) is 0.880. The van der Waals surface area contributed by atoms with Gasteiger partial charge in [-0.25, -0.2) is 0 Å². The Balaban J connectivity index is 2.39. The lowest BCUT2D eigenvalue weighted by Crippen LogP contribution is -2.31. The highest BCUT2D eigenvalue weighted by Gasteiger charge is 2.35. The number of nitrogens with one attached hydrogen (secondary N) is 1. The predicted octanol–water partition coefficient (Wildman–Crippen LogP) is 2.19. The van der Waals surface area contributed by atoms with Crippen LogP contribution in [0.3, 0.4) is 0 Å². The molecule has 1 atom stereocenters. The zero-order valence-electron chi connectivity index (χ0n) is 10.4. The Kier molecular flexibility index (Phi) is 3.90. The predicted molar refractivity (Wildman–Crippen MR) is 70.9 cm³/mol. The molecule has 1 aliphatic heterocycles. The van der Waals surface area contributed by atoms with Crippen LogP contribution in [0, 0.1) is 0 Å². The van der Waals surface area contributed by atoms with Gasteiger partial charge in [-0.15, -0.1) is 0 Å². The first-order valence-electron chi connectivity index (χ1n) is 6.21. The first-order chi connectivity index (χ1) is 8.04. The lowest BCUT2D eigenvalue weighted by Gasteiger charge is -2.29. The maximum absolute atomic E-state index is 10.9. The van der Waals surface area contributed by atoms with Crippen molar-refractivity contribution in [2.75, 3.05) is 13.1 Å². The van der Waals surface area contributed by atoms with Crippen LogP contribution >= 0.6 is 15.9 Å². The van der Waals surface area contributed by atoms with Crippen molar-refractivity contribution in [1.82, 2.24) is 15.1 Å². The highest BCUT2D eigenvalue weighted by molar-refractivity contribution is 9.10. The molecule has 0 saturated carbocycles. The molecule has 17 heavy (non-hydrogen) atoms. The molecule has 2 N–H and O–H groups in total. The van der Waals surface area contributed by atoms with E-state index >= 15 is 0 Å². The Bertz CT molecular complexity index is 381. The second-order valence-corrected chi connectivity index (χ2v) is 5.87. The van der Waals surface area contributed by atoms with E-state index in [1.165, 1.54) is 0 Å². The molecule has 1 unspecified atom stereocenters. The highest BCUT2D eigenvalue weighted by atomic mass is 79.9. The molecular formula is C12H20BrN3O. The van der Waals surface area contributed by atoms with E-state index in [9.17, 15) is 5.11 Å². The van der Waals surface area contributed by atoms with Crippen LogP contribution in [0.4, 0.5) is 0 Å². The standard InChI is InChI=1S/C12H20BrN3O/c1-9(2)16-11(10(13)8-15-16)12(17)4-3-6-14-7-5-12/h8-9,14,17H,3-7H2,1-2H3. The summed E-state index contributed by atoms with van der Waals surface area (Å²) in [6.45, 7) is 6.00. The van der Waals surface area contributed by atoms with Gasteiger partial charge in [-0.2, -0.15) is 5.10 Å². The van der Waals surface area contributed by atoms with E-state index in [1.807, 2.05) is 4.68 Å². The summed E-state index contributed by atoms with van der Waals surface area (Å²) >= 11 is 3.52. The Hall–Kier alpha value is -0.390. The van der Waals surface area contributed by atoms with Crippen LogP contribution in [-0.2, 0) is 5.60 Å². The molecule has 1 saturated heterocycles. The summed E-state index contributed by atoms with van der Waals surface area (Å²) in [5.74, 6) is 0. The molecular weight excluding hydrogens is 282 g/mol. The van der Waals surface area contributed by atoms with Gasteiger partial charge < -0.3 is 10.4 Å². The maximum Gasteiger partial charge on any atom is 0.109 e. The minimum absolute atomic E-state index is 0.261. The van der Waals surface area contributed by atoms with Gasteiger partial charge >= 0.3 is 0 Å². The second-order valence-electron chi connectivity index (χ2n) is 5.01. The molecule has 2 heterocycles. The van der Waals surface area contributed by atoms with E-state index in [0.717, 1.165) is 42.5 Å². The third kappa shape index (κ3) is 2.56. The minimum Gasteiger partial charge on any atom is -0.383 e. The molecule has 0 aromatic carbocycles. The van der Waals surface area contributed by atoms with Gasteiger partial charge in [0.05, 0.1) is 16.4 Å². The summed E-state index contributed by atoms with van der Waals surface area (Å²) in [5, 5.41) is 18.6. The largest absolute Gasteiger partial charge is 0.383 e. The molecule has 5 heteroatoms. The zero-order valence-corrected chi connectivity index (χ0v) is 12.0. The number of hydrogen-bond acceptors (Lipinski definition) is 3. The lowest BCUT2D eigenvalue weighted by atomic mass is 9.91. The van der Waals surface area contributed by atoms with Crippen LogP contribution in [0.2, 0.25) is 0 Å². The molecule has 0 radical (unpaired) electrons. The van der Waals surface area contributed by atoms with Crippen molar-refractivity contribution >= 4 is 15.9 Å². The normalized spacial score (nSPS) is 26.2. The fraction of sp³-hybridized carbons (Fsp3) is 0.750. The average molecular weight is 302 g/mol. The molecule has 1 aliphatic rings. The SMILES string of the molecule is CC(C)n1ncc(Br)c1C1(O)CCCNCC1. The van der Waals surface area contributed by atoms with Gasteiger partial charge in [0, 0.05) is 6.04 Å². The van der Waals surface area contributed by atoms with Crippen LogP contribution in [0.25, 0.3) is 0 Å². The molecule has 0 spiro atoms. The summed E-state index contributed by atoms with van der Waals surface area (Å²) in [7, 11) is 0. The van der Waals surface area contributed by atoms with Gasteiger partial charge in [-0.05, 0) is 62.1 Å². The maximum atomic E-state index is 10.9. The first-order valence-corrected chi connectivity index (χ1v) is 7.00. The smallest absolute Gasteiger partial charge is 0.109 e. The van der Waals surface area contributed by atoms with Gasteiger partial charge in [-0.1, -0.05) is 0 Å². The summed E-state index contributed by atoms with van der Waals surface area (Å²) in [5.41, 5.74) is 0.166. The van der Waals surface area contributed by atoms with Crippen LogP contribution in [-0.4, -0.2) is 28.0 Å². The van der Waals surface area contributed by atoms with Crippen molar-refractivity contribution < 1.29 is 5.11 Å². The topological polar surface area (TPSA) is 50.1 Å². The third-order valence-electron chi connectivity index (χ3n) is 3.34. The molecule has 0 bridgehead atoms. The summed E-state index contributed by atoms with van der Waals surface area (Å²) < 4.78 is 2.84. The van der Waals surface area contributed by atoms with E-state index in [0.29, 0.717) is 0 Å². The summed E-state index contributed by atoms with van der Waals surface area (Å²) in [4.78, 5) is 0. The number of rotatable bonds is 2. The Morgan fingerprint density at radius 3 is 2.94 bits per heavy atom. The van der Waals surface area contributed by atoms with E-state index in [-0.39, 0.29) is 6.04 Å². The highest BCUT2D eigenvalue weighted by Crippen LogP contribution is 2.36. The molecule has 96 valence electrons. The monoisotopic (exact) mass is 301 g/mol. The average Bonchev–Trinajstić information content (AvgIpc) is 2.53. The van der Waals surface area contributed by atoms with Crippen LogP contribution in [0.5, 0.6) is 0 Å². The van der Waals surface area contributed by atoms with Crippen LogP contribution in [0.1, 0.15) is 44.8 Å². The van der Waals surface area contributed by atoms with E-state index in [1.54, 1.807) is 6.20 Å². The van der Waals surface area contributed by atoms with E-state index in [2.05, 4.69) is 40.2 Å². The van der Waals surface area contributed by atoms with Gasteiger partial charge in [0.1, 0.15) is 5.60 Å². The second kappa shape index (κ2) is 5.08. The zero-order chi connectivity index (χ0) is 12.5. The number of aliphatic hydroxyl groups is 1. The number of nitrogens with zero attached hydrogens (tertiary/aromatic N) is 2. The third-order valence-corrected chi connectivity index (χ3v) is 3.92. The van der Waals surface area contributed by atoms with Crippen molar-refractivity contribution in [3.63, 3.8) is 0 Å². The summed E-state index contributed by atoms with van der Waals surface area (Å²) in [6.07, 6.45) is 4.30. The lowest BCUT2D eigenvalue weighted by molar-refractivity contribution is 0.0133. The number of aromatic nitrogens is 2. The molecule has 0 amide bonds. The molecule has 1 aromatic heterocycles. The van der Waals surface area contributed by atoms with Crippen LogP contribution < -0.4 is 5.32 Å².